The molecular formula is C13H21N3O2S. The Bertz CT molecular complexity index is 389. The van der Waals surface area contributed by atoms with Gasteiger partial charge in [-0.2, -0.15) is 0 Å². The van der Waals surface area contributed by atoms with Gasteiger partial charge in [0.15, 0.2) is 0 Å². The maximum absolute atomic E-state index is 11.6. The molecule has 1 unspecified atom stereocenters. The Morgan fingerprint density at radius 3 is 2.95 bits per heavy atom. The Morgan fingerprint density at radius 1 is 1.63 bits per heavy atom. The minimum atomic E-state index is -0.184. The van der Waals surface area contributed by atoms with Crippen molar-refractivity contribution in [2.45, 2.75) is 38.8 Å². The van der Waals surface area contributed by atoms with Gasteiger partial charge in [0.1, 0.15) is 0 Å². The van der Waals surface area contributed by atoms with Crippen molar-refractivity contribution >= 4 is 17.4 Å². The summed E-state index contributed by atoms with van der Waals surface area (Å²) in [5.41, 5.74) is 1.86. The van der Waals surface area contributed by atoms with Crippen molar-refractivity contribution in [1.29, 1.82) is 0 Å². The van der Waals surface area contributed by atoms with Crippen molar-refractivity contribution in [3.63, 3.8) is 0 Å². The molecule has 1 aromatic heterocycles. The number of hydrogen-bond donors (Lipinski definition) is 1. The summed E-state index contributed by atoms with van der Waals surface area (Å²) < 4.78 is 5.02. The lowest BCUT2D eigenvalue weighted by atomic mass is 10.0. The zero-order chi connectivity index (χ0) is 13.7. The lowest BCUT2D eigenvalue weighted by molar-refractivity contribution is 0.0944. The van der Waals surface area contributed by atoms with E-state index in [0.717, 1.165) is 25.9 Å². The predicted molar refractivity (Wildman–Crippen MR) is 75.3 cm³/mol. The van der Waals surface area contributed by atoms with Crippen LogP contribution in [0.25, 0.3) is 0 Å². The Morgan fingerprint density at radius 2 is 2.37 bits per heavy atom. The summed E-state index contributed by atoms with van der Waals surface area (Å²) in [6.45, 7) is 5.98. The Labute approximate surface area is 118 Å². The molecule has 0 aromatic carbocycles. The van der Waals surface area contributed by atoms with Crippen LogP contribution in [0, 0.1) is 0 Å². The first-order valence-electron chi connectivity index (χ1n) is 6.76. The molecule has 1 saturated heterocycles. The Hall–Kier alpha value is -1.14. The number of hydrogen-bond acceptors (Lipinski definition) is 5. The van der Waals surface area contributed by atoms with Crippen LogP contribution in [0.1, 0.15) is 37.6 Å². The number of aromatic nitrogens is 1. The van der Waals surface area contributed by atoms with Crippen molar-refractivity contribution in [1.82, 2.24) is 15.2 Å². The topological polar surface area (TPSA) is 54.5 Å². The summed E-state index contributed by atoms with van der Waals surface area (Å²) in [4.78, 5) is 18.7. The molecule has 2 heterocycles. The van der Waals surface area contributed by atoms with Crippen molar-refractivity contribution < 1.29 is 9.53 Å². The lowest BCUT2D eigenvalue weighted by Gasteiger charge is -2.33. The van der Waals surface area contributed by atoms with Gasteiger partial charge in [0.25, 0.3) is 0 Å². The minimum Gasteiger partial charge on any atom is -0.450 e. The zero-order valence-electron chi connectivity index (χ0n) is 11.5. The molecule has 1 aliphatic rings. The third-order valence-electron chi connectivity index (χ3n) is 3.38. The van der Waals surface area contributed by atoms with E-state index in [1.54, 1.807) is 16.2 Å². The molecule has 1 amide bonds. The highest BCUT2D eigenvalue weighted by Crippen LogP contribution is 2.20. The molecule has 0 spiro atoms. The molecular weight excluding hydrogens is 262 g/mol. The summed E-state index contributed by atoms with van der Waals surface area (Å²) in [6, 6.07) is 0.786. The van der Waals surface area contributed by atoms with Crippen molar-refractivity contribution in [3.8, 4) is 0 Å². The molecule has 106 valence electrons. The number of ether oxygens (including phenoxy) is 1. The van der Waals surface area contributed by atoms with Gasteiger partial charge in [-0.15, -0.1) is 11.3 Å². The van der Waals surface area contributed by atoms with Gasteiger partial charge in [-0.25, -0.2) is 4.79 Å². The SMILES string of the molecule is CCOC(=O)N1CCC(NC(C)c2cncs2)CC1. The Balaban J connectivity index is 1.76. The highest BCUT2D eigenvalue weighted by atomic mass is 32.1. The number of nitrogens with zero attached hydrogens (tertiary/aromatic N) is 2. The van der Waals surface area contributed by atoms with E-state index in [9.17, 15) is 4.79 Å². The largest absolute Gasteiger partial charge is 0.450 e. The number of rotatable bonds is 4. The number of nitrogens with one attached hydrogen (secondary N) is 1. The maximum atomic E-state index is 11.6. The minimum absolute atomic E-state index is 0.184. The van der Waals surface area contributed by atoms with E-state index in [2.05, 4.69) is 17.2 Å². The number of likely N-dealkylation sites (tertiary alicyclic amines) is 1. The molecule has 0 bridgehead atoms. The summed E-state index contributed by atoms with van der Waals surface area (Å²) in [7, 11) is 0. The van der Waals surface area contributed by atoms with Crippen LogP contribution in [-0.4, -0.2) is 41.7 Å². The van der Waals surface area contributed by atoms with Crippen LogP contribution < -0.4 is 5.32 Å². The van der Waals surface area contributed by atoms with Crippen molar-refractivity contribution in [2.75, 3.05) is 19.7 Å². The number of carbonyl (C=O) groups is 1. The second-order valence-corrected chi connectivity index (χ2v) is 5.67. The van der Waals surface area contributed by atoms with Gasteiger partial charge < -0.3 is 15.0 Å². The van der Waals surface area contributed by atoms with Crippen LogP contribution in [0.2, 0.25) is 0 Å². The van der Waals surface area contributed by atoms with Crippen LogP contribution in [0.15, 0.2) is 11.7 Å². The molecule has 5 nitrogen and oxygen atoms in total. The van der Waals surface area contributed by atoms with Crippen LogP contribution in [0.5, 0.6) is 0 Å². The summed E-state index contributed by atoms with van der Waals surface area (Å²) in [6.07, 6.45) is 3.68. The fourth-order valence-electron chi connectivity index (χ4n) is 2.32. The average molecular weight is 283 g/mol. The molecule has 0 saturated carbocycles. The molecule has 0 radical (unpaired) electrons. The first kappa shape index (κ1) is 14.3. The standard InChI is InChI=1S/C13H21N3O2S/c1-3-18-13(17)16-6-4-11(5-7-16)15-10(2)12-8-14-9-19-12/h8-11,15H,3-7H2,1-2H3. The van der Waals surface area contributed by atoms with Gasteiger partial charge in [0, 0.05) is 36.2 Å². The quantitative estimate of drug-likeness (QED) is 0.922. The third kappa shape index (κ3) is 3.91. The van der Waals surface area contributed by atoms with Crippen molar-refractivity contribution in [2.24, 2.45) is 0 Å². The number of piperidine rings is 1. The second kappa shape index (κ2) is 6.86. The summed E-state index contributed by atoms with van der Waals surface area (Å²) in [5, 5.41) is 3.60. The van der Waals surface area contributed by atoms with E-state index >= 15 is 0 Å². The molecule has 1 atom stereocenters. The van der Waals surface area contributed by atoms with Gasteiger partial charge in [-0.3, -0.25) is 4.98 Å². The third-order valence-corrected chi connectivity index (χ3v) is 4.34. The van der Waals surface area contributed by atoms with Gasteiger partial charge in [0.05, 0.1) is 12.1 Å². The molecule has 6 heteroatoms. The van der Waals surface area contributed by atoms with E-state index in [4.69, 9.17) is 4.74 Å². The predicted octanol–water partition coefficient (Wildman–Crippen LogP) is 2.41. The van der Waals surface area contributed by atoms with E-state index in [-0.39, 0.29) is 6.09 Å². The fourth-order valence-corrected chi connectivity index (χ4v) is 2.96. The van der Waals surface area contributed by atoms with Gasteiger partial charge >= 0.3 is 6.09 Å². The molecule has 1 aromatic rings. The lowest BCUT2D eigenvalue weighted by Crippen LogP contribution is -2.45. The van der Waals surface area contributed by atoms with Crippen LogP contribution >= 0.6 is 11.3 Å². The summed E-state index contributed by atoms with van der Waals surface area (Å²) >= 11 is 1.67. The zero-order valence-corrected chi connectivity index (χ0v) is 12.3. The molecule has 19 heavy (non-hydrogen) atoms. The van der Waals surface area contributed by atoms with E-state index in [1.807, 2.05) is 18.6 Å². The molecule has 1 aliphatic heterocycles. The maximum Gasteiger partial charge on any atom is 0.409 e. The first-order chi connectivity index (χ1) is 9.20. The van der Waals surface area contributed by atoms with Gasteiger partial charge in [-0.1, -0.05) is 0 Å². The van der Waals surface area contributed by atoms with Crippen LogP contribution in [0.4, 0.5) is 4.79 Å². The Kier molecular flexibility index (Phi) is 5.15. The average Bonchev–Trinajstić information content (AvgIpc) is 2.94. The van der Waals surface area contributed by atoms with Crippen molar-refractivity contribution in [3.05, 3.63) is 16.6 Å². The van der Waals surface area contributed by atoms with E-state index < -0.39 is 0 Å². The first-order valence-corrected chi connectivity index (χ1v) is 7.64. The molecule has 1 N–H and O–H groups in total. The van der Waals surface area contributed by atoms with Gasteiger partial charge in [-0.05, 0) is 26.7 Å². The highest BCUT2D eigenvalue weighted by molar-refractivity contribution is 7.09. The smallest absolute Gasteiger partial charge is 0.409 e. The monoisotopic (exact) mass is 283 g/mol. The number of amides is 1. The van der Waals surface area contributed by atoms with E-state index in [0.29, 0.717) is 18.7 Å². The van der Waals surface area contributed by atoms with E-state index in [1.165, 1.54) is 4.88 Å². The molecule has 2 rings (SSSR count). The highest BCUT2D eigenvalue weighted by Gasteiger charge is 2.24. The number of thiazole rings is 1. The fraction of sp³-hybridized carbons (Fsp3) is 0.692. The molecule has 1 fully saturated rings. The summed E-state index contributed by atoms with van der Waals surface area (Å²) in [5.74, 6) is 0. The van der Waals surface area contributed by atoms with Crippen LogP contribution in [0.3, 0.4) is 0 Å². The van der Waals surface area contributed by atoms with Crippen LogP contribution in [-0.2, 0) is 4.74 Å². The number of carbonyl (C=O) groups excluding carboxylic acids is 1. The second-order valence-electron chi connectivity index (χ2n) is 4.75. The van der Waals surface area contributed by atoms with Gasteiger partial charge in [0.2, 0.25) is 0 Å². The normalized spacial score (nSPS) is 18.3. The molecule has 0 aliphatic carbocycles.